The summed E-state index contributed by atoms with van der Waals surface area (Å²) in [5.41, 5.74) is 0. The molecule has 0 atom stereocenters. The molecule has 0 aromatic heterocycles. The summed E-state index contributed by atoms with van der Waals surface area (Å²) in [7, 11) is -9.82. The third kappa shape index (κ3) is 3.68. The predicted molar refractivity (Wildman–Crippen MR) is 57.0 cm³/mol. The molecule has 0 rings (SSSR count). The molecule has 0 radical (unpaired) electrons. The van der Waals surface area contributed by atoms with Crippen LogP contribution in [0.15, 0.2) is 0 Å². The van der Waals surface area contributed by atoms with E-state index in [9.17, 15) is 39.2 Å². The lowest BCUT2D eigenvalue weighted by Gasteiger charge is -2.36. The van der Waals surface area contributed by atoms with Gasteiger partial charge in [-0.3, -0.25) is 4.18 Å². The summed E-state index contributed by atoms with van der Waals surface area (Å²) in [6, 6.07) is 0. The maximum absolute atomic E-state index is 13.0. The lowest BCUT2D eigenvalue weighted by Crippen LogP contribution is -2.56. The monoisotopic (exact) mass is 356 g/mol. The molecule has 0 unspecified atom stereocenters. The normalized spacial score (nSPS) is 16.3. The van der Waals surface area contributed by atoms with Gasteiger partial charge in [-0.05, 0) is 6.92 Å². The highest BCUT2D eigenvalue weighted by molar-refractivity contribution is 8.28. The molecule has 0 fully saturated rings. The molecule has 0 heterocycles. The van der Waals surface area contributed by atoms with Crippen molar-refractivity contribution in [3.63, 3.8) is 0 Å². The Bertz CT molecular complexity index is 443. The number of rotatable bonds is 6. The fraction of sp³-hybridized carbons (Fsp3) is 1.00. The second-order valence-electron chi connectivity index (χ2n) is 3.66. The van der Waals surface area contributed by atoms with Gasteiger partial charge in [-0.25, -0.2) is 0 Å². The van der Waals surface area contributed by atoms with Crippen molar-refractivity contribution < 1.29 is 47.0 Å². The molecular weight excluding hydrogens is 345 g/mol. The molecule has 0 aromatic carbocycles. The van der Waals surface area contributed by atoms with Crippen molar-refractivity contribution >= 4 is 20.7 Å². The largest absolute Gasteiger partial charge is 0.461 e. The second kappa shape index (κ2) is 5.50. The summed E-state index contributed by atoms with van der Waals surface area (Å²) in [5.74, 6) is -6.80. The molecule has 0 amide bonds. The first-order valence-corrected chi connectivity index (χ1v) is 8.38. The van der Waals surface area contributed by atoms with Gasteiger partial charge in [0.15, 0.2) is 0 Å². The average Bonchev–Trinajstić information content (AvgIpc) is 2.12. The van der Waals surface area contributed by atoms with E-state index in [2.05, 4.69) is 7.81 Å². The van der Waals surface area contributed by atoms with Crippen LogP contribution in [0.2, 0.25) is 0 Å². The Balaban J connectivity index is 5.61. The van der Waals surface area contributed by atoms with Crippen LogP contribution >= 0.6 is 10.6 Å². The Morgan fingerprint density at radius 3 is 1.65 bits per heavy atom. The van der Waals surface area contributed by atoms with Crippen LogP contribution in [-0.4, -0.2) is 44.9 Å². The lowest BCUT2D eigenvalue weighted by molar-refractivity contribution is -0.333. The maximum atomic E-state index is 13.0. The van der Waals surface area contributed by atoms with Crippen LogP contribution in [0.3, 0.4) is 0 Å². The Morgan fingerprint density at radius 1 is 0.950 bits per heavy atom. The number of alkyl halides is 7. The molecule has 0 saturated heterocycles. The van der Waals surface area contributed by atoms with Crippen LogP contribution in [-0.2, 0) is 17.9 Å². The molecular formula is C7H11F7O4S2. The SMILES string of the molecule is CCOS(C)(C)OS(=O)(=O)C(F)(F)C(F)(F)C(F)(F)F. The zero-order chi connectivity index (χ0) is 16.6. The van der Waals surface area contributed by atoms with Gasteiger partial charge in [0.05, 0.1) is 6.61 Å². The molecule has 0 bridgehead atoms. The van der Waals surface area contributed by atoms with E-state index >= 15 is 0 Å². The summed E-state index contributed by atoms with van der Waals surface area (Å²) in [6.07, 6.45) is -5.08. The van der Waals surface area contributed by atoms with Gasteiger partial charge in [0.2, 0.25) is 0 Å². The van der Waals surface area contributed by atoms with E-state index in [1.165, 1.54) is 6.92 Å². The minimum atomic E-state index is -6.80. The van der Waals surface area contributed by atoms with Crippen LogP contribution in [0, 0.1) is 0 Å². The van der Waals surface area contributed by atoms with Crippen molar-refractivity contribution in [2.45, 2.75) is 24.3 Å². The quantitative estimate of drug-likeness (QED) is 0.687. The maximum Gasteiger partial charge on any atom is 0.461 e. The van der Waals surface area contributed by atoms with E-state index in [1.54, 1.807) is 0 Å². The molecule has 0 saturated carbocycles. The number of hydrogen-bond acceptors (Lipinski definition) is 4. The minimum Gasteiger partial charge on any atom is -0.284 e. The standard InChI is InChI=1S/C7H11F7O4S2/c1-4-17-19(2,3)18-20(15,16)7(13,14)5(8,9)6(10,11)12/h4H2,1-3H3. The van der Waals surface area contributed by atoms with Crippen molar-refractivity contribution in [3.8, 4) is 0 Å². The van der Waals surface area contributed by atoms with Crippen LogP contribution < -0.4 is 0 Å². The van der Waals surface area contributed by atoms with Gasteiger partial charge >= 0.3 is 27.5 Å². The smallest absolute Gasteiger partial charge is 0.284 e. The number of halogens is 7. The van der Waals surface area contributed by atoms with Crippen molar-refractivity contribution in [1.29, 1.82) is 0 Å². The zero-order valence-corrected chi connectivity index (χ0v) is 11.9. The topological polar surface area (TPSA) is 52.6 Å². The van der Waals surface area contributed by atoms with E-state index in [-0.39, 0.29) is 6.61 Å². The molecule has 0 N–H and O–H groups in total. The summed E-state index contributed by atoms with van der Waals surface area (Å²) < 4.78 is 117. The molecule has 0 aliphatic heterocycles. The molecule has 20 heavy (non-hydrogen) atoms. The van der Waals surface area contributed by atoms with Gasteiger partial charge in [-0.2, -0.15) is 53.4 Å². The highest BCUT2D eigenvalue weighted by Crippen LogP contribution is 2.53. The third-order valence-corrected chi connectivity index (χ3v) is 5.41. The Hall–Kier alpha value is -0.270. The van der Waals surface area contributed by atoms with Crippen LogP contribution in [0.25, 0.3) is 0 Å². The Labute approximate surface area is 112 Å². The lowest BCUT2D eigenvalue weighted by atomic mass is 10.3. The molecule has 124 valence electrons. The molecule has 0 aliphatic rings. The van der Waals surface area contributed by atoms with Crippen LogP contribution in [0.4, 0.5) is 30.7 Å². The van der Waals surface area contributed by atoms with Gasteiger partial charge in [0, 0.05) is 12.5 Å². The zero-order valence-electron chi connectivity index (χ0n) is 10.3. The fourth-order valence-corrected chi connectivity index (χ4v) is 4.11. The van der Waals surface area contributed by atoms with E-state index in [1.807, 2.05) is 0 Å². The van der Waals surface area contributed by atoms with E-state index < -0.39 is 38.1 Å². The molecule has 0 aromatic rings. The predicted octanol–water partition coefficient (Wildman–Crippen LogP) is 3.05. The third-order valence-electron chi connectivity index (χ3n) is 1.69. The first-order valence-electron chi connectivity index (χ1n) is 4.67. The molecule has 0 aliphatic carbocycles. The van der Waals surface area contributed by atoms with Crippen LogP contribution in [0.5, 0.6) is 0 Å². The van der Waals surface area contributed by atoms with Crippen molar-refractivity contribution in [3.05, 3.63) is 0 Å². The second-order valence-corrected chi connectivity index (χ2v) is 8.15. The van der Waals surface area contributed by atoms with E-state index in [4.69, 9.17) is 0 Å². The summed E-state index contributed by atoms with van der Waals surface area (Å²) in [4.78, 5) is 0. The van der Waals surface area contributed by atoms with Gasteiger partial charge in [-0.15, -0.1) is 0 Å². The van der Waals surface area contributed by atoms with E-state index in [0.717, 1.165) is 12.5 Å². The molecule has 0 spiro atoms. The summed E-state index contributed by atoms with van der Waals surface area (Å²) in [5, 5.41) is -6.49. The fourth-order valence-electron chi connectivity index (χ4n) is 0.884. The van der Waals surface area contributed by atoms with Gasteiger partial charge in [0.1, 0.15) is 0 Å². The van der Waals surface area contributed by atoms with Gasteiger partial charge in [-0.1, -0.05) is 0 Å². The average molecular weight is 356 g/mol. The first-order chi connectivity index (χ1) is 8.52. The molecule has 13 heteroatoms. The highest BCUT2D eigenvalue weighted by Gasteiger charge is 2.79. The van der Waals surface area contributed by atoms with Crippen LogP contribution in [0.1, 0.15) is 6.92 Å². The van der Waals surface area contributed by atoms with E-state index in [0.29, 0.717) is 0 Å². The van der Waals surface area contributed by atoms with Gasteiger partial charge < -0.3 is 0 Å². The summed E-state index contributed by atoms with van der Waals surface area (Å²) >= 11 is 0. The van der Waals surface area contributed by atoms with Crippen molar-refractivity contribution in [2.24, 2.45) is 0 Å². The van der Waals surface area contributed by atoms with Crippen molar-refractivity contribution in [1.82, 2.24) is 0 Å². The Morgan fingerprint density at radius 2 is 1.35 bits per heavy atom. The van der Waals surface area contributed by atoms with Crippen molar-refractivity contribution in [2.75, 3.05) is 19.1 Å². The van der Waals surface area contributed by atoms with Gasteiger partial charge in [0.25, 0.3) is 0 Å². The highest BCUT2D eigenvalue weighted by atomic mass is 32.3. The first kappa shape index (κ1) is 19.7. The number of hydrogen-bond donors (Lipinski definition) is 0. The Kier molecular flexibility index (Phi) is 5.42. The summed E-state index contributed by atoms with van der Waals surface area (Å²) in [6.45, 7) is 1.09. The molecule has 4 nitrogen and oxygen atoms in total. The minimum absolute atomic E-state index is 0.223.